The minimum Gasteiger partial charge on any atom is -0.415 e. The van der Waals surface area contributed by atoms with Gasteiger partial charge in [0, 0.05) is 18.0 Å². The third kappa shape index (κ3) is 3.74. The summed E-state index contributed by atoms with van der Waals surface area (Å²) < 4.78 is 82.3. The Hall–Kier alpha value is -3.18. The van der Waals surface area contributed by atoms with E-state index >= 15 is 0 Å². The van der Waals surface area contributed by atoms with Gasteiger partial charge in [0.05, 0.1) is 16.7 Å². The van der Waals surface area contributed by atoms with Gasteiger partial charge in [-0.15, -0.1) is 10.2 Å². The Kier molecular flexibility index (Phi) is 4.43. The van der Waals surface area contributed by atoms with Gasteiger partial charge in [-0.3, -0.25) is 0 Å². The second-order valence-corrected chi connectivity index (χ2v) is 6.44. The van der Waals surface area contributed by atoms with Crippen molar-refractivity contribution in [2.45, 2.75) is 31.0 Å². The summed E-state index contributed by atoms with van der Waals surface area (Å²) in [5.74, 6) is -1.93. The van der Waals surface area contributed by atoms with Gasteiger partial charge in [-0.2, -0.15) is 22.0 Å². The van der Waals surface area contributed by atoms with Crippen LogP contribution in [0.1, 0.15) is 36.3 Å². The lowest BCUT2D eigenvalue weighted by molar-refractivity contribution is -0.137. The van der Waals surface area contributed by atoms with Crippen LogP contribution in [-0.4, -0.2) is 20.2 Å². The molecule has 0 bridgehead atoms. The molecular weight excluding hydrogens is 404 g/mol. The SMILES string of the molecule is Fc1cc(C(F)(F)F)ccc1C1(Nc2ncc(-c3nnc(C(F)F)o3)cn2)CC1. The van der Waals surface area contributed by atoms with Crippen LogP contribution in [0.25, 0.3) is 11.5 Å². The molecule has 12 heteroatoms. The summed E-state index contributed by atoms with van der Waals surface area (Å²) in [6.07, 6.45) is -4.11. The number of rotatable bonds is 5. The van der Waals surface area contributed by atoms with E-state index in [1.165, 1.54) is 12.4 Å². The van der Waals surface area contributed by atoms with Gasteiger partial charge in [0.2, 0.25) is 5.95 Å². The van der Waals surface area contributed by atoms with Gasteiger partial charge in [-0.25, -0.2) is 14.4 Å². The Morgan fingerprint density at radius 3 is 2.28 bits per heavy atom. The second-order valence-electron chi connectivity index (χ2n) is 6.44. The predicted octanol–water partition coefficient (Wildman–Crippen LogP) is 4.72. The highest BCUT2D eigenvalue weighted by Crippen LogP contribution is 2.49. The molecule has 1 N–H and O–H groups in total. The van der Waals surface area contributed by atoms with E-state index < -0.39 is 35.4 Å². The van der Waals surface area contributed by atoms with E-state index in [1.54, 1.807) is 0 Å². The smallest absolute Gasteiger partial charge is 0.415 e. The molecule has 0 radical (unpaired) electrons. The maximum absolute atomic E-state index is 14.3. The molecule has 3 aromatic rings. The van der Waals surface area contributed by atoms with Gasteiger partial charge in [0.15, 0.2) is 0 Å². The van der Waals surface area contributed by atoms with Crippen molar-refractivity contribution in [1.29, 1.82) is 0 Å². The van der Waals surface area contributed by atoms with Crippen molar-refractivity contribution in [3.63, 3.8) is 0 Å². The Morgan fingerprint density at radius 1 is 1.07 bits per heavy atom. The molecule has 0 unspecified atom stereocenters. The van der Waals surface area contributed by atoms with Crippen molar-refractivity contribution in [2.24, 2.45) is 0 Å². The summed E-state index contributed by atoms with van der Waals surface area (Å²) in [5.41, 5.74) is -1.71. The summed E-state index contributed by atoms with van der Waals surface area (Å²) in [5, 5.41) is 9.59. The number of halogens is 6. The maximum atomic E-state index is 14.3. The molecule has 0 aliphatic heterocycles. The lowest BCUT2D eigenvalue weighted by atomic mass is 10.0. The number of nitrogens with one attached hydrogen (secondary N) is 1. The molecule has 152 valence electrons. The van der Waals surface area contributed by atoms with Crippen LogP contribution in [0.5, 0.6) is 0 Å². The normalized spacial score (nSPS) is 15.6. The number of nitrogens with zero attached hydrogens (tertiary/aromatic N) is 4. The average molecular weight is 415 g/mol. The van der Waals surface area contributed by atoms with Crippen molar-refractivity contribution in [1.82, 2.24) is 20.2 Å². The fourth-order valence-electron chi connectivity index (χ4n) is 2.82. The van der Waals surface area contributed by atoms with Crippen LogP contribution >= 0.6 is 0 Å². The van der Waals surface area contributed by atoms with Crippen LogP contribution in [0, 0.1) is 5.82 Å². The molecule has 1 fully saturated rings. The summed E-state index contributed by atoms with van der Waals surface area (Å²) in [7, 11) is 0. The average Bonchev–Trinajstić information content (AvgIpc) is 3.25. The number of hydrogen-bond acceptors (Lipinski definition) is 6. The monoisotopic (exact) mass is 415 g/mol. The fourth-order valence-corrected chi connectivity index (χ4v) is 2.82. The molecule has 29 heavy (non-hydrogen) atoms. The van der Waals surface area contributed by atoms with Crippen molar-refractivity contribution in [2.75, 3.05) is 5.32 Å². The first kappa shape index (κ1) is 19.2. The quantitative estimate of drug-likeness (QED) is 0.608. The van der Waals surface area contributed by atoms with Crippen LogP contribution < -0.4 is 5.32 Å². The molecule has 1 aromatic carbocycles. The van der Waals surface area contributed by atoms with Gasteiger partial charge in [-0.1, -0.05) is 6.07 Å². The summed E-state index contributed by atoms with van der Waals surface area (Å²) in [6.45, 7) is 0. The highest BCUT2D eigenvalue weighted by molar-refractivity contribution is 5.51. The fraction of sp³-hybridized carbons (Fsp3) is 0.294. The highest BCUT2D eigenvalue weighted by atomic mass is 19.4. The van der Waals surface area contributed by atoms with Crippen molar-refractivity contribution < 1.29 is 30.8 Å². The van der Waals surface area contributed by atoms with Crippen molar-refractivity contribution in [3.8, 4) is 11.5 Å². The summed E-state index contributed by atoms with van der Waals surface area (Å²) >= 11 is 0. The largest absolute Gasteiger partial charge is 0.416 e. The molecule has 4 rings (SSSR count). The van der Waals surface area contributed by atoms with E-state index in [0.29, 0.717) is 18.9 Å². The van der Waals surface area contributed by atoms with Crippen molar-refractivity contribution >= 4 is 5.95 Å². The Bertz CT molecular complexity index is 1030. The molecular formula is C17H11F6N5O. The molecule has 0 amide bonds. The Morgan fingerprint density at radius 2 is 1.76 bits per heavy atom. The van der Waals surface area contributed by atoms with E-state index in [-0.39, 0.29) is 23.0 Å². The zero-order valence-electron chi connectivity index (χ0n) is 14.3. The molecule has 1 aliphatic rings. The van der Waals surface area contributed by atoms with E-state index in [4.69, 9.17) is 4.42 Å². The van der Waals surface area contributed by atoms with E-state index in [2.05, 4.69) is 25.5 Å². The highest BCUT2D eigenvalue weighted by Gasteiger charge is 2.47. The maximum Gasteiger partial charge on any atom is 0.416 e. The molecule has 6 nitrogen and oxygen atoms in total. The zero-order chi connectivity index (χ0) is 20.8. The van der Waals surface area contributed by atoms with Gasteiger partial charge < -0.3 is 9.73 Å². The second kappa shape index (κ2) is 6.71. The minimum absolute atomic E-state index is 0.0802. The number of aromatic nitrogens is 4. The molecule has 0 atom stereocenters. The minimum atomic E-state index is -4.64. The van der Waals surface area contributed by atoms with Gasteiger partial charge >= 0.3 is 12.6 Å². The van der Waals surface area contributed by atoms with Gasteiger partial charge in [0.25, 0.3) is 11.8 Å². The number of alkyl halides is 5. The van der Waals surface area contributed by atoms with Gasteiger partial charge in [0.1, 0.15) is 5.82 Å². The van der Waals surface area contributed by atoms with Crippen LogP contribution in [0.2, 0.25) is 0 Å². The number of benzene rings is 1. The molecule has 1 saturated carbocycles. The standard InChI is InChI=1S/C17H11F6N5O/c18-11-5-9(17(21,22)23)1-2-10(11)16(3-4-16)26-15-24-6-8(7-25-15)13-27-28-14(29-13)12(19)20/h1-2,5-7,12H,3-4H2,(H,24,25,26). The van der Waals surface area contributed by atoms with Crippen molar-refractivity contribution in [3.05, 3.63) is 53.4 Å². The molecule has 1 aliphatic carbocycles. The Labute approximate surface area is 159 Å². The van der Waals surface area contributed by atoms with Crippen LogP contribution in [0.4, 0.5) is 32.3 Å². The molecule has 2 heterocycles. The lowest BCUT2D eigenvalue weighted by Gasteiger charge is -2.19. The molecule has 0 spiro atoms. The first-order chi connectivity index (χ1) is 13.7. The number of hydrogen-bond donors (Lipinski definition) is 1. The summed E-state index contributed by atoms with van der Waals surface area (Å²) in [4.78, 5) is 8.01. The van der Waals surface area contributed by atoms with Crippen LogP contribution in [-0.2, 0) is 11.7 Å². The van der Waals surface area contributed by atoms with E-state index in [0.717, 1.165) is 12.1 Å². The first-order valence-electron chi connectivity index (χ1n) is 8.27. The zero-order valence-corrected chi connectivity index (χ0v) is 14.3. The lowest BCUT2D eigenvalue weighted by Crippen LogP contribution is -2.22. The van der Waals surface area contributed by atoms with Crippen LogP contribution in [0.15, 0.2) is 35.0 Å². The topological polar surface area (TPSA) is 76.7 Å². The number of anilines is 1. The van der Waals surface area contributed by atoms with Crippen LogP contribution in [0.3, 0.4) is 0 Å². The predicted molar refractivity (Wildman–Crippen MR) is 86.2 cm³/mol. The Balaban J connectivity index is 1.53. The third-order valence-corrected chi connectivity index (χ3v) is 4.44. The third-order valence-electron chi connectivity index (χ3n) is 4.44. The summed E-state index contributed by atoms with van der Waals surface area (Å²) in [6, 6.07) is 2.37. The van der Waals surface area contributed by atoms with E-state index in [1.807, 2.05) is 0 Å². The van der Waals surface area contributed by atoms with E-state index in [9.17, 15) is 26.3 Å². The first-order valence-corrected chi connectivity index (χ1v) is 8.27. The molecule has 0 saturated heterocycles. The molecule has 2 aromatic heterocycles. The van der Waals surface area contributed by atoms with Gasteiger partial charge in [-0.05, 0) is 25.0 Å².